The molecule has 2 aromatic heterocycles. The van der Waals surface area contributed by atoms with E-state index in [9.17, 15) is 4.79 Å². The van der Waals surface area contributed by atoms with Gasteiger partial charge in [0, 0.05) is 30.7 Å². The Morgan fingerprint density at radius 2 is 2.41 bits per heavy atom. The summed E-state index contributed by atoms with van der Waals surface area (Å²) < 4.78 is 5.95. The molecule has 0 bridgehead atoms. The van der Waals surface area contributed by atoms with Gasteiger partial charge in [-0.3, -0.25) is 10.1 Å². The highest BCUT2D eigenvalue weighted by molar-refractivity contribution is 7.09. The summed E-state index contributed by atoms with van der Waals surface area (Å²) in [6, 6.07) is 0. The van der Waals surface area contributed by atoms with E-state index < -0.39 is 0 Å². The zero-order chi connectivity index (χ0) is 11.8. The van der Waals surface area contributed by atoms with E-state index in [4.69, 9.17) is 0 Å². The molecule has 0 aromatic carbocycles. The summed E-state index contributed by atoms with van der Waals surface area (Å²) in [7, 11) is 1.82. The van der Waals surface area contributed by atoms with E-state index in [1.807, 2.05) is 7.05 Å². The van der Waals surface area contributed by atoms with Gasteiger partial charge < -0.3 is 4.57 Å². The van der Waals surface area contributed by atoms with E-state index >= 15 is 0 Å². The third-order valence-corrected chi connectivity index (χ3v) is 3.19. The van der Waals surface area contributed by atoms with Crippen molar-refractivity contribution in [3.8, 4) is 0 Å². The van der Waals surface area contributed by atoms with Gasteiger partial charge in [0.15, 0.2) is 0 Å². The zero-order valence-corrected chi connectivity index (χ0v) is 10.1. The Labute approximate surface area is 102 Å². The van der Waals surface area contributed by atoms with Crippen LogP contribution in [0.15, 0.2) is 12.5 Å². The van der Waals surface area contributed by atoms with Crippen LogP contribution in [0.3, 0.4) is 0 Å². The molecule has 1 aliphatic carbocycles. The third-order valence-electron chi connectivity index (χ3n) is 2.54. The topological polar surface area (TPSA) is 72.7 Å². The lowest BCUT2D eigenvalue weighted by atomic mass is 10.4. The molecule has 1 N–H and O–H groups in total. The summed E-state index contributed by atoms with van der Waals surface area (Å²) in [5, 5.41) is 3.25. The molecule has 1 fully saturated rings. The number of carbonyl (C=O) groups is 1. The molecule has 0 radical (unpaired) electrons. The van der Waals surface area contributed by atoms with Gasteiger partial charge >= 0.3 is 0 Å². The van der Waals surface area contributed by atoms with Crippen molar-refractivity contribution in [1.82, 2.24) is 18.9 Å². The van der Waals surface area contributed by atoms with E-state index in [1.54, 1.807) is 17.1 Å². The van der Waals surface area contributed by atoms with Crippen molar-refractivity contribution in [2.75, 3.05) is 5.32 Å². The van der Waals surface area contributed by atoms with Crippen LogP contribution >= 0.6 is 11.5 Å². The smallest absolute Gasteiger partial charge is 0.277 e. The number of aromatic nitrogens is 4. The molecule has 1 aliphatic rings. The molecule has 17 heavy (non-hydrogen) atoms. The molecule has 0 atom stereocenters. The van der Waals surface area contributed by atoms with Crippen molar-refractivity contribution in [2.45, 2.75) is 18.8 Å². The van der Waals surface area contributed by atoms with Gasteiger partial charge in [0.05, 0.1) is 6.33 Å². The van der Waals surface area contributed by atoms with E-state index in [0.717, 1.165) is 18.7 Å². The van der Waals surface area contributed by atoms with E-state index in [0.29, 0.717) is 16.7 Å². The van der Waals surface area contributed by atoms with Gasteiger partial charge in [0.2, 0.25) is 5.13 Å². The van der Waals surface area contributed by atoms with Crippen LogP contribution in [0.1, 0.15) is 35.1 Å². The first kappa shape index (κ1) is 10.4. The van der Waals surface area contributed by atoms with Crippen molar-refractivity contribution in [2.24, 2.45) is 7.05 Å². The minimum atomic E-state index is -0.246. The minimum Gasteiger partial charge on any atom is -0.340 e. The highest BCUT2D eigenvalue weighted by atomic mass is 32.1. The second-order valence-corrected chi connectivity index (χ2v) is 4.86. The molecule has 1 amide bonds. The van der Waals surface area contributed by atoms with Crippen LogP contribution < -0.4 is 5.32 Å². The van der Waals surface area contributed by atoms with Crippen molar-refractivity contribution in [1.29, 1.82) is 0 Å². The maximum atomic E-state index is 11.8. The first-order valence-electron chi connectivity index (χ1n) is 5.35. The van der Waals surface area contributed by atoms with Gasteiger partial charge in [-0.05, 0) is 12.8 Å². The quantitative estimate of drug-likeness (QED) is 0.892. The van der Waals surface area contributed by atoms with E-state index in [2.05, 4.69) is 19.7 Å². The van der Waals surface area contributed by atoms with Gasteiger partial charge in [-0.15, -0.1) is 0 Å². The second-order valence-electron chi connectivity index (χ2n) is 4.11. The number of hydrogen-bond acceptors (Lipinski definition) is 5. The normalized spacial score (nSPS) is 14.9. The van der Waals surface area contributed by atoms with Crippen molar-refractivity contribution in [3.63, 3.8) is 0 Å². The van der Waals surface area contributed by atoms with Crippen LogP contribution in [0, 0.1) is 0 Å². The highest BCUT2D eigenvalue weighted by Crippen LogP contribution is 2.39. The molecular weight excluding hydrogens is 238 g/mol. The predicted molar refractivity (Wildman–Crippen MR) is 63.0 cm³/mol. The molecule has 0 unspecified atom stereocenters. The van der Waals surface area contributed by atoms with E-state index in [1.165, 1.54) is 11.5 Å². The fourth-order valence-corrected chi connectivity index (χ4v) is 2.13. The predicted octanol–water partition coefficient (Wildman–Crippen LogP) is 1.40. The largest absolute Gasteiger partial charge is 0.340 e. The van der Waals surface area contributed by atoms with Crippen molar-refractivity contribution < 1.29 is 4.79 Å². The number of anilines is 1. The Morgan fingerprint density at radius 3 is 3.06 bits per heavy atom. The molecular formula is C10H11N5OS. The highest BCUT2D eigenvalue weighted by Gasteiger charge is 2.28. The first-order valence-corrected chi connectivity index (χ1v) is 6.12. The second kappa shape index (κ2) is 3.92. The van der Waals surface area contributed by atoms with E-state index in [-0.39, 0.29) is 5.91 Å². The Bertz CT molecular complexity index is 557. The van der Waals surface area contributed by atoms with Gasteiger partial charge in [-0.25, -0.2) is 9.97 Å². The van der Waals surface area contributed by atoms with Crippen molar-refractivity contribution >= 4 is 22.6 Å². The molecule has 3 rings (SSSR count). The number of hydrogen-bond donors (Lipinski definition) is 1. The lowest BCUT2D eigenvalue weighted by Crippen LogP contribution is -2.12. The maximum Gasteiger partial charge on any atom is 0.277 e. The summed E-state index contributed by atoms with van der Waals surface area (Å²) in [5.41, 5.74) is 0.385. The van der Waals surface area contributed by atoms with Crippen LogP contribution in [0.25, 0.3) is 0 Å². The average Bonchev–Trinajstić information content (AvgIpc) is 2.90. The summed E-state index contributed by atoms with van der Waals surface area (Å²) in [6.07, 6.45) is 5.57. The molecule has 6 nitrogen and oxygen atoms in total. The van der Waals surface area contributed by atoms with Gasteiger partial charge in [0.1, 0.15) is 11.5 Å². The summed E-state index contributed by atoms with van der Waals surface area (Å²) >= 11 is 1.22. The fraction of sp³-hybridized carbons (Fsp3) is 0.400. The Hall–Kier alpha value is -1.76. The molecule has 7 heteroatoms. The minimum absolute atomic E-state index is 0.246. The number of nitrogens with one attached hydrogen (secondary N) is 1. The van der Waals surface area contributed by atoms with Crippen LogP contribution in [-0.2, 0) is 7.05 Å². The summed E-state index contributed by atoms with van der Waals surface area (Å²) in [5.74, 6) is 1.11. The molecule has 0 saturated heterocycles. The molecule has 2 aromatic rings. The number of nitrogens with zero attached hydrogens (tertiary/aromatic N) is 4. The van der Waals surface area contributed by atoms with Crippen molar-refractivity contribution in [3.05, 3.63) is 24.0 Å². The molecule has 1 saturated carbocycles. The van der Waals surface area contributed by atoms with Crippen LogP contribution in [-0.4, -0.2) is 24.8 Å². The lowest BCUT2D eigenvalue weighted by molar-refractivity contribution is 0.102. The summed E-state index contributed by atoms with van der Waals surface area (Å²) in [6.45, 7) is 0. The molecule has 0 aliphatic heterocycles. The number of aryl methyl sites for hydroxylation is 1. The van der Waals surface area contributed by atoms with Crippen LogP contribution in [0.5, 0.6) is 0 Å². The molecule has 2 heterocycles. The Kier molecular flexibility index (Phi) is 2.40. The molecule has 88 valence electrons. The van der Waals surface area contributed by atoms with Crippen LogP contribution in [0.2, 0.25) is 0 Å². The number of rotatable bonds is 3. The van der Waals surface area contributed by atoms with Crippen LogP contribution in [0.4, 0.5) is 5.13 Å². The Morgan fingerprint density at radius 1 is 1.59 bits per heavy atom. The zero-order valence-electron chi connectivity index (χ0n) is 9.25. The maximum absolute atomic E-state index is 11.8. The first-order chi connectivity index (χ1) is 8.22. The average molecular weight is 249 g/mol. The summed E-state index contributed by atoms with van der Waals surface area (Å²) in [4.78, 5) is 20.0. The number of amides is 1. The monoisotopic (exact) mass is 249 g/mol. The lowest BCUT2D eigenvalue weighted by Gasteiger charge is -1.95. The third kappa shape index (κ3) is 2.19. The molecule has 0 spiro atoms. The number of carbonyl (C=O) groups excluding carboxylic acids is 1. The standard InChI is InChI=1S/C10H11N5OS/c1-15-4-7(11-5-15)9(16)13-10-12-8(14-17-10)6-2-3-6/h4-6H,2-3H2,1H3,(H,12,13,14,16). The SMILES string of the molecule is Cn1cnc(C(=O)Nc2nc(C3CC3)ns2)c1. The Balaban J connectivity index is 1.71. The van der Waals surface area contributed by atoms with Gasteiger partial charge in [-0.1, -0.05) is 0 Å². The fourth-order valence-electron chi connectivity index (χ4n) is 1.48. The van der Waals surface area contributed by atoms with Gasteiger partial charge in [0.25, 0.3) is 5.91 Å². The number of imidazole rings is 1. The van der Waals surface area contributed by atoms with Gasteiger partial charge in [-0.2, -0.15) is 4.37 Å².